The first-order valence-electron chi connectivity index (χ1n) is 4.43. The van der Waals surface area contributed by atoms with Crippen LogP contribution in [0.3, 0.4) is 0 Å². The number of rotatable bonds is 2. The predicted octanol–water partition coefficient (Wildman–Crippen LogP) is 0.995. The third kappa shape index (κ3) is 1.76. The Labute approximate surface area is 78.0 Å². The highest BCUT2D eigenvalue weighted by Crippen LogP contribution is 2.32. The smallest absolute Gasteiger partial charge is 0.104 e. The van der Waals surface area contributed by atoms with Crippen molar-refractivity contribution in [3.05, 3.63) is 23.0 Å². The van der Waals surface area contributed by atoms with E-state index in [1.54, 1.807) is 6.08 Å². The molecule has 3 N–H and O–H groups in total. The summed E-state index contributed by atoms with van der Waals surface area (Å²) in [5.74, 6) is 0.00977. The van der Waals surface area contributed by atoms with E-state index in [1.807, 2.05) is 13.8 Å². The van der Waals surface area contributed by atoms with Crippen molar-refractivity contribution in [1.82, 2.24) is 0 Å². The van der Waals surface area contributed by atoms with Crippen LogP contribution in [-0.2, 0) is 0 Å². The first-order valence-corrected chi connectivity index (χ1v) is 4.43. The van der Waals surface area contributed by atoms with Crippen LogP contribution in [0, 0.1) is 11.8 Å². The van der Waals surface area contributed by atoms with Gasteiger partial charge in [-0.15, -0.1) is 0 Å². The van der Waals surface area contributed by atoms with Crippen molar-refractivity contribution in [2.45, 2.75) is 13.8 Å². The maximum atomic E-state index is 9.63. The molecule has 2 unspecified atom stereocenters. The molecule has 0 fully saturated rings. The van der Waals surface area contributed by atoms with E-state index in [0.29, 0.717) is 5.57 Å². The second-order valence-corrected chi connectivity index (χ2v) is 3.53. The van der Waals surface area contributed by atoms with Gasteiger partial charge < -0.3 is 15.3 Å². The highest BCUT2D eigenvalue weighted by Gasteiger charge is 2.27. The third-order valence-corrected chi connectivity index (χ3v) is 2.77. The van der Waals surface area contributed by atoms with Gasteiger partial charge in [0.1, 0.15) is 5.76 Å². The number of aliphatic hydroxyl groups is 3. The standard InChI is InChI=1S/C10H16O3/c1-6-3-8(4-11)10(13)9(5-12)7(6)2/h3,7,9,11-13H,4-5H2,1-2H3. The average molecular weight is 184 g/mol. The molecule has 1 aliphatic carbocycles. The monoisotopic (exact) mass is 184 g/mol. The molecule has 0 aliphatic heterocycles. The van der Waals surface area contributed by atoms with Crippen LogP contribution in [0.25, 0.3) is 0 Å². The molecule has 0 saturated carbocycles. The van der Waals surface area contributed by atoms with Crippen molar-refractivity contribution in [2.24, 2.45) is 11.8 Å². The van der Waals surface area contributed by atoms with Gasteiger partial charge in [0.05, 0.1) is 13.2 Å². The Morgan fingerprint density at radius 3 is 2.46 bits per heavy atom. The van der Waals surface area contributed by atoms with Crippen molar-refractivity contribution in [2.75, 3.05) is 13.2 Å². The molecule has 0 aromatic rings. The minimum absolute atomic E-state index is 0.0817. The van der Waals surface area contributed by atoms with Crippen LogP contribution in [-0.4, -0.2) is 28.5 Å². The van der Waals surface area contributed by atoms with Gasteiger partial charge in [-0.25, -0.2) is 0 Å². The van der Waals surface area contributed by atoms with Crippen LogP contribution in [0.1, 0.15) is 13.8 Å². The molecule has 1 rings (SSSR count). The van der Waals surface area contributed by atoms with Gasteiger partial charge in [-0.1, -0.05) is 18.6 Å². The van der Waals surface area contributed by atoms with Crippen LogP contribution in [0.4, 0.5) is 0 Å². The van der Waals surface area contributed by atoms with Crippen LogP contribution in [0.2, 0.25) is 0 Å². The Morgan fingerprint density at radius 2 is 2.00 bits per heavy atom. The minimum atomic E-state index is -0.257. The fourth-order valence-electron chi connectivity index (χ4n) is 1.64. The molecular formula is C10H16O3. The largest absolute Gasteiger partial charge is 0.512 e. The lowest BCUT2D eigenvalue weighted by atomic mass is 9.81. The van der Waals surface area contributed by atoms with Crippen molar-refractivity contribution in [3.8, 4) is 0 Å². The number of aliphatic hydroxyl groups excluding tert-OH is 3. The molecule has 0 aromatic carbocycles. The lowest BCUT2D eigenvalue weighted by Crippen LogP contribution is -2.24. The van der Waals surface area contributed by atoms with E-state index in [0.717, 1.165) is 5.57 Å². The van der Waals surface area contributed by atoms with Gasteiger partial charge >= 0.3 is 0 Å². The van der Waals surface area contributed by atoms with Crippen LogP contribution < -0.4 is 0 Å². The van der Waals surface area contributed by atoms with E-state index in [1.165, 1.54) is 0 Å². The molecule has 0 saturated heterocycles. The summed E-state index contributed by atoms with van der Waals surface area (Å²) in [4.78, 5) is 0. The highest BCUT2D eigenvalue weighted by atomic mass is 16.3. The first-order chi connectivity index (χ1) is 6.11. The fraction of sp³-hybridized carbons (Fsp3) is 0.600. The van der Waals surface area contributed by atoms with Crippen LogP contribution in [0.5, 0.6) is 0 Å². The van der Waals surface area contributed by atoms with E-state index in [4.69, 9.17) is 10.2 Å². The quantitative estimate of drug-likeness (QED) is 0.600. The van der Waals surface area contributed by atoms with Crippen molar-refractivity contribution in [1.29, 1.82) is 0 Å². The zero-order valence-corrected chi connectivity index (χ0v) is 7.99. The Morgan fingerprint density at radius 1 is 1.38 bits per heavy atom. The first kappa shape index (κ1) is 10.3. The summed E-state index contributed by atoms with van der Waals surface area (Å²) in [7, 11) is 0. The molecular weight excluding hydrogens is 168 g/mol. The zero-order valence-electron chi connectivity index (χ0n) is 7.99. The molecule has 1 aliphatic rings. The second kappa shape index (κ2) is 3.94. The summed E-state index contributed by atoms with van der Waals surface area (Å²) in [5, 5.41) is 27.6. The van der Waals surface area contributed by atoms with Gasteiger partial charge in [0.15, 0.2) is 0 Å². The fourth-order valence-corrected chi connectivity index (χ4v) is 1.64. The molecule has 3 heteroatoms. The zero-order chi connectivity index (χ0) is 10.0. The van der Waals surface area contributed by atoms with E-state index in [9.17, 15) is 5.11 Å². The molecule has 13 heavy (non-hydrogen) atoms. The number of hydrogen-bond donors (Lipinski definition) is 3. The molecule has 2 atom stereocenters. The molecule has 0 bridgehead atoms. The van der Waals surface area contributed by atoms with Gasteiger partial charge in [-0.3, -0.25) is 0 Å². The Hall–Kier alpha value is -0.800. The van der Waals surface area contributed by atoms with E-state index >= 15 is 0 Å². The lowest BCUT2D eigenvalue weighted by molar-refractivity contribution is 0.167. The molecule has 0 spiro atoms. The summed E-state index contributed by atoms with van der Waals surface area (Å²) in [6.07, 6.45) is 1.78. The summed E-state index contributed by atoms with van der Waals surface area (Å²) >= 11 is 0. The lowest BCUT2D eigenvalue weighted by Gasteiger charge is -2.27. The van der Waals surface area contributed by atoms with E-state index < -0.39 is 0 Å². The third-order valence-electron chi connectivity index (χ3n) is 2.77. The van der Waals surface area contributed by atoms with Gasteiger partial charge in [0, 0.05) is 11.5 Å². The molecule has 3 nitrogen and oxygen atoms in total. The van der Waals surface area contributed by atoms with Crippen molar-refractivity contribution < 1.29 is 15.3 Å². The topological polar surface area (TPSA) is 60.7 Å². The summed E-state index contributed by atoms with van der Waals surface area (Å²) in [6.45, 7) is 3.64. The number of hydrogen-bond acceptors (Lipinski definition) is 3. The average Bonchev–Trinajstić information content (AvgIpc) is 2.12. The highest BCUT2D eigenvalue weighted by molar-refractivity contribution is 5.33. The summed E-state index contributed by atoms with van der Waals surface area (Å²) in [5.41, 5.74) is 1.61. The van der Waals surface area contributed by atoms with Crippen molar-refractivity contribution >= 4 is 0 Å². The molecule has 0 heterocycles. The molecule has 0 amide bonds. The molecule has 0 radical (unpaired) electrons. The van der Waals surface area contributed by atoms with E-state index in [-0.39, 0.29) is 30.8 Å². The van der Waals surface area contributed by atoms with Gasteiger partial charge in [0.2, 0.25) is 0 Å². The van der Waals surface area contributed by atoms with Gasteiger partial charge in [-0.2, -0.15) is 0 Å². The minimum Gasteiger partial charge on any atom is -0.512 e. The van der Waals surface area contributed by atoms with Crippen LogP contribution >= 0.6 is 0 Å². The van der Waals surface area contributed by atoms with Crippen molar-refractivity contribution in [3.63, 3.8) is 0 Å². The summed E-state index contributed by atoms with van der Waals surface area (Å²) in [6, 6.07) is 0. The SMILES string of the molecule is CC1=CC(CO)=C(O)C(CO)C1C. The van der Waals surface area contributed by atoms with Gasteiger partial charge in [0.25, 0.3) is 0 Å². The molecule has 0 aromatic heterocycles. The van der Waals surface area contributed by atoms with Crippen LogP contribution in [0.15, 0.2) is 23.0 Å². The van der Waals surface area contributed by atoms with E-state index in [2.05, 4.69) is 0 Å². The number of allylic oxidation sites excluding steroid dienone is 1. The maximum absolute atomic E-state index is 9.63. The maximum Gasteiger partial charge on any atom is 0.104 e. The molecule has 74 valence electrons. The summed E-state index contributed by atoms with van der Waals surface area (Å²) < 4.78 is 0. The normalized spacial score (nSPS) is 29.1. The Kier molecular flexibility index (Phi) is 3.12. The Balaban J connectivity index is 3.02. The van der Waals surface area contributed by atoms with Gasteiger partial charge in [-0.05, 0) is 12.8 Å². The second-order valence-electron chi connectivity index (χ2n) is 3.53. The Bertz CT molecular complexity index is 253. The predicted molar refractivity (Wildman–Crippen MR) is 50.2 cm³/mol.